The summed E-state index contributed by atoms with van der Waals surface area (Å²) in [6, 6.07) is 9.50. The van der Waals surface area contributed by atoms with Gasteiger partial charge < -0.3 is 9.47 Å². The smallest absolute Gasteiger partial charge is 0.311 e. The molecule has 142 valence electrons. The molecule has 0 fully saturated rings. The van der Waals surface area contributed by atoms with Crippen molar-refractivity contribution < 1.29 is 23.5 Å². The molecule has 0 aliphatic heterocycles. The summed E-state index contributed by atoms with van der Waals surface area (Å²) in [6.07, 6.45) is 3.64. The molecule has 0 aliphatic rings. The molecule has 0 amide bonds. The number of aromatic amines is 1. The second-order valence-electron chi connectivity index (χ2n) is 5.32. The van der Waals surface area contributed by atoms with Crippen molar-refractivity contribution in [3.05, 3.63) is 66.0 Å². The summed E-state index contributed by atoms with van der Waals surface area (Å²) in [7, 11) is 2.69. The van der Waals surface area contributed by atoms with E-state index < -0.39 is 0 Å². The van der Waals surface area contributed by atoms with E-state index in [0.29, 0.717) is 11.4 Å². The van der Waals surface area contributed by atoms with Gasteiger partial charge in [-0.2, -0.15) is 10.2 Å². The van der Waals surface area contributed by atoms with E-state index in [9.17, 15) is 14.0 Å². The first-order valence-corrected chi connectivity index (χ1v) is 7.94. The number of H-pyrrole nitrogens is 1. The van der Waals surface area contributed by atoms with Crippen LogP contribution in [0.15, 0.2) is 48.8 Å². The molecular weight excluding hydrogens is 355 g/mol. The van der Waals surface area contributed by atoms with Gasteiger partial charge in [-0.1, -0.05) is 6.07 Å². The van der Waals surface area contributed by atoms with Crippen LogP contribution < -0.4 is 0 Å². The molecule has 0 saturated heterocycles. The van der Waals surface area contributed by atoms with Gasteiger partial charge in [-0.25, -0.2) is 9.07 Å². The zero-order valence-corrected chi connectivity index (χ0v) is 14.9. The summed E-state index contributed by atoms with van der Waals surface area (Å²) in [4.78, 5) is 21.7. The number of nitrogens with one attached hydrogen (secondary N) is 1. The Morgan fingerprint density at radius 3 is 2.48 bits per heavy atom. The minimum atomic E-state index is -0.352. The molecule has 0 unspecified atom stereocenters. The zero-order chi connectivity index (χ0) is 19.6. The Morgan fingerprint density at radius 2 is 1.85 bits per heavy atom. The fraction of sp³-hybridized carbons (Fsp3) is 0.222. The largest absolute Gasteiger partial charge is 0.469 e. The summed E-state index contributed by atoms with van der Waals surface area (Å²) < 4.78 is 23.5. The maximum absolute atomic E-state index is 13.0. The Kier molecular flexibility index (Phi) is 7.24. The first-order valence-electron chi connectivity index (χ1n) is 7.94. The van der Waals surface area contributed by atoms with E-state index in [1.165, 1.54) is 31.0 Å². The fourth-order valence-corrected chi connectivity index (χ4v) is 2.05. The first kappa shape index (κ1) is 19.8. The van der Waals surface area contributed by atoms with Crippen molar-refractivity contribution in [2.24, 2.45) is 0 Å². The first-order chi connectivity index (χ1) is 13.0. The van der Waals surface area contributed by atoms with E-state index in [4.69, 9.17) is 0 Å². The van der Waals surface area contributed by atoms with Crippen LogP contribution >= 0.6 is 0 Å². The van der Waals surface area contributed by atoms with E-state index in [0.717, 1.165) is 5.69 Å². The molecule has 3 aromatic rings. The summed E-state index contributed by atoms with van der Waals surface area (Å²) in [5, 5.41) is 10.5. The molecule has 0 saturated carbocycles. The van der Waals surface area contributed by atoms with Gasteiger partial charge in [0.2, 0.25) is 0 Å². The second kappa shape index (κ2) is 9.85. The quantitative estimate of drug-likeness (QED) is 0.685. The number of carbonyl (C=O) groups excluding carboxylic acids is 2. The molecule has 0 bridgehead atoms. The van der Waals surface area contributed by atoms with Crippen molar-refractivity contribution in [2.45, 2.75) is 12.8 Å². The molecule has 0 atom stereocenters. The van der Waals surface area contributed by atoms with Gasteiger partial charge in [0.15, 0.2) is 0 Å². The summed E-state index contributed by atoms with van der Waals surface area (Å²) in [5.74, 6) is -0.939. The van der Waals surface area contributed by atoms with Crippen molar-refractivity contribution in [1.82, 2.24) is 20.0 Å². The van der Waals surface area contributed by atoms with Crippen molar-refractivity contribution in [1.29, 1.82) is 0 Å². The molecule has 8 nitrogen and oxygen atoms in total. The van der Waals surface area contributed by atoms with Crippen LogP contribution in [0.4, 0.5) is 4.39 Å². The monoisotopic (exact) mass is 374 g/mol. The lowest BCUT2D eigenvalue weighted by molar-refractivity contribution is -0.140. The highest BCUT2D eigenvalue weighted by molar-refractivity contribution is 5.72. The van der Waals surface area contributed by atoms with Crippen LogP contribution in [0, 0.1) is 5.82 Å². The molecule has 0 spiro atoms. The van der Waals surface area contributed by atoms with Gasteiger partial charge in [0.1, 0.15) is 5.82 Å². The lowest BCUT2D eigenvalue weighted by Crippen LogP contribution is -2.05. The minimum Gasteiger partial charge on any atom is -0.469 e. The van der Waals surface area contributed by atoms with Crippen LogP contribution in [-0.2, 0) is 31.9 Å². The number of hydrogen-bond donors (Lipinski definition) is 1. The molecule has 3 rings (SSSR count). The molecule has 0 radical (unpaired) electrons. The van der Waals surface area contributed by atoms with Crippen LogP contribution in [0.25, 0.3) is 5.69 Å². The summed E-state index contributed by atoms with van der Waals surface area (Å²) in [5.41, 5.74) is 1.97. The Hall–Kier alpha value is -3.49. The normalized spacial score (nSPS) is 9.89. The average molecular weight is 374 g/mol. The van der Waals surface area contributed by atoms with Gasteiger partial charge in [0.25, 0.3) is 0 Å². The standard InChI is InChI=1S/C12H11FN2O2.C6H8N2O2/c1-17-12(16)8-10-5-6-15(14-10)11-4-2-3-9(13)7-11;1-10-6(9)4-5-2-3-7-8-5/h2-7H,8H2,1H3;2-3H,4H2,1H3,(H,7,8). The van der Waals surface area contributed by atoms with Crippen molar-refractivity contribution in [2.75, 3.05) is 14.2 Å². The molecule has 2 heterocycles. The lowest BCUT2D eigenvalue weighted by Gasteiger charge is -2.00. The molecule has 9 heteroatoms. The number of carbonyl (C=O) groups is 2. The molecule has 27 heavy (non-hydrogen) atoms. The van der Waals surface area contributed by atoms with Gasteiger partial charge in [-0.3, -0.25) is 14.7 Å². The number of halogens is 1. The van der Waals surface area contributed by atoms with Crippen LogP contribution in [-0.4, -0.2) is 46.1 Å². The Labute approximate surface area is 154 Å². The third-order valence-electron chi connectivity index (χ3n) is 3.39. The number of rotatable bonds is 5. The number of aromatic nitrogens is 4. The summed E-state index contributed by atoms with van der Waals surface area (Å²) >= 11 is 0. The van der Waals surface area contributed by atoms with Crippen molar-refractivity contribution >= 4 is 11.9 Å². The van der Waals surface area contributed by atoms with Gasteiger partial charge in [-0.15, -0.1) is 0 Å². The van der Waals surface area contributed by atoms with E-state index in [1.54, 1.807) is 36.7 Å². The number of ether oxygens (including phenoxy) is 2. The number of hydrogen-bond acceptors (Lipinski definition) is 6. The third-order valence-corrected chi connectivity index (χ3v) is 3.39. The Balaban J connectivity index is 0.000000223. The van der Waals surface area contributed by atoms with Gasteiger partial charge >= 0.3 is 11.9 Å². The number of esters is 2. The predicted octanol–water partition coefficient (Wildman–Crippen LogP) is 1.85. The van der Waals surface area contributed by atoms with E-state index >= 15 is 0 Å². The molecule has 1 aromatic carbocycles. The lowest BCUT2D eigenvalue weighted by atomic mass is 10.3. The zero-order valence-electron chi connectivity index (χ0n) is 14.9. The highest BCUT2D eigenvalue weighted by Crippen LogP contribution is 2.10. The van der Waals surface area contributed by atoms with E-state index in [1.807, 2.05) is 0 Å². The van der Waals surface area contributed by atoms with Gasteiger partial charge in [0.05, 0.1) is 38.4 Å². The van der Waals surface area contributed by atoms with Crippen LogP contribution in [0.2, 0.25) is 0 Å². The number of benzene rings is 1. The molecule has 1 N–H and O–H groups in total. The minimum absolute atomic E-state index is 0.110. The van der Waals surface area contributed by atoms with E-state index in [-0.39, 0.29) is 30.6 Å². The Bertz CT molecular complexity index is 877. The van der Waals surface area contributed by atoms with Crippen molar-refractivity contribution in [3.8, 4) is 5.69 Å². The van der Waals surface area contributed by atoms with E-state index in [2.05, 4.69) is 24.8 Å². The third kappa shape index (κ3) is 6.38. The topological polar surface area (TPSA) is 99.1 Å². The van der Waals surface area contributed by atoms with Crippen LogP contribution in [0.3, 0.4) is 0 Å². The van der Waals surface area contributed by atoms with Gasteiger partial charge in [-0.05, 0) is 30.3 Å². The second-order valence-corrected chi connectivity index (χ2v) is 5.32. The predicted molar refractivity (Wildman–Crippen MR) is 93.5 cm³/mol. The SMILES string of the molecule is COC(=O)Cc1ccn(-c2cccc(F)c2)n1.COC(=O)Cc1ccn[nH]1. The highest BCUT2D eigenvalue weighted by atomic mass is 19.1. The number of nitrogens with zero attached hydrogens (tertiary/aromatic N) is 3. The molecule has 0 aliphatic carbocycles. The highest BCUT2D eigenvalue weighted by Gasteiger charge is 2.07. The maximum atomic E-state index is 13.0. The Morgan fingerprint density at radius 1 is 1.11 bits per heavy atom. The molecular formula is C18H19FN4O4. The molecule has 2 aromatic heterocycles. The van der Waals surface area contributed by atoms with Crippen molar-refractivity contribution in [3.63, 3.8) is 0 Å². The summed E-state index contributed by atoms with van der Waals surface area (Å²) in [6.45, 7) is 0. The average Bonchev–Trinajstić information content (AvgIpc) is 3.34. The number of methoxy groups -OCH3 is 2. The van der Waals surface area contributed by atoms with Crippen LogP contribution in [0.1, 0.15) is 11.4 Å². The van der Waals surface area contributed by atoms with Gasteiger partial charge in [0, 0.05) is 18.1 Å². The maximum Gasteiger partial charge on any atom is 0.311 e. The fourth-order valence-electron chi connectivity index (χ4n) is 2.05. The van der Waals surface area contributed by atoms with Crippen LogP contribution in [0.5, 0.6) is 0 Å².